The van der Waals surface area contributed by atoms with E-state index in [9.17, 15) is 5.11 Å². The van der Waals surface area contributed by atoms with Gasteiger partial charge in [-0.05, 0) is 59.7 Å². The molecule has 4 aromatic rings. The molecular weight excluding hydrogens is 324 g/mol. The largest absolute Gasteiger partial charge is 0.508 e. The predicted octanol–water partition coefficient (Wildman–Crippen LogP) is 4.70. The van der Waals surface area contributed by atoms with Gasteiger partial charge in [0.25, 0.3) is 0 Å². The van der Waals surface area contributed by atoms with Gasteiger partial charge < -0.3 is 10.5 Å². The third kappa shape index (κ3) is 2.56. The van der Waals surface area contributed by atoms with Gasteiger partial charge in [-0.15, -0.1) is 0 Å². The highest BCUT2D eigenvalue weighted by Gasteiger charge is 2.13. The van der Waals surface area contributed by atoms with Crippen LogP contribution in [0.25, 0.3) is 38.6 Å². The van der Waals surface area contributed by atoms with Gasteiger partial charge >= 0.3 is 0 Å². The van der Waals surface area contributed by atoms with Crippen LogP contribution in [0.1, 0.15) is 5.56 Å². The van der Waals surface area contributed by atoms with E-state index in [1.165, 1.54) is 6.21 Å². The second-order valence-corrected chi connectivity index (χ2v) is 5.89. The van der Waals surface area contributed by atoms with E-state index in [1.807, 2.05) is 30.3 Å². The Morgan fingerprint density at radius 1 is 1.15 bits per heavy atom. The average molecular weight is 340 g/mol. The van der Waals surface area contributed by atoms with Crippen molar-refractivity contribution in [1.82, 2.24) is 15.2 Å². The molecule has 5 heteroatoms. The van der Waals surface area contributed by atoms with E-state index in [1.54, 1.807) is 30.5 Å². The van der Waals surface area contributed by atoms with Crippen LogP contribution in [0.4, 0.5) is 0 Å². The Morgan fingerprint density at radius 3 is 2.69 bits per heavy atom. The SMILES string of the molecule is C=C/C(=C\C=N)c1cc(-c2ccc(O)cc2)nc2ccc3[nH]ncc3c12. The van der Waals surface area contributed by atoms with E-state index >= 15 is 0 Å². The first kappa shape index (κ1) is 15.8. The number of phenolic OH excluding ortho intramolecular Hbond substituents is 1. The molecule has 3 N–H and O–H groups in total. The number of aromatic amines is 1. The molecular formula is C21H16N4O. The van der Waals surface area contributed by atoms with Crippen LogP contribution < -0.4 is 0 Å². The van der Waals surface area contributed by atoms with Crippen molar-refractivity contribution in [2.75, 3.05) is 0 Å². The van der Waals surface area contributed by atoms with Crippen LogP contribution in [0, 0.1) is 5.41 Å². The summed E-state index contributed by atoms with van der Waals surface area (Å²) in [6.07, 6.45) is 6.48. The number of aromatic nitrogens is 3. The molecule has 0 fully saturated rings. The maximum Gasteiger partial charge on any atom is 0.115 e. The lowest BCUT2D eigenvalue weighted by atomic mass is 9.96. The van der Waals surface area contributed by atoms with Crippen LogP contribution in [-0.4, -0.2) is 26.5 Å². The standard InChI is InChI=1S/C21H16N4O/c1-2-13(9-10-22)16-11-20(14-3-5-15(26)6-4-14)24-19-8-7-18-17(21(16)19)12-23-25-18/h2-12,22,26H,1H2,(H,23,25)/b13-9+,22-10?. The van der Waals surface area contributed by atoms with Crippen molar-refractivity contribution in [3.63, 3.8) is 0 Å². The van der Waals surface area contributed by atoms with Crippen LogP contribution in [0.5, 0.6) is 5.75 Å². The summed E-state index contributed by atoms with van der Waals surface area (Å²) < 4.78 is 0. The van der Waals surface area contributed by atoms with E-state index in [-0.39, 0.29) is 5.75 Å². The van der Waals surface area contributed by atoms with E-state index in [0.29, 0.717) is 0 Å². The summed E-state index contributed by atoms with van der Waals surface area (Å²) in [5.74, 6) is 0.213. The van der Waals surface area contributed by atoms with E-state index in [0.717, 1.165) is 44.2 Å². The summed E-state index contributed by atoms with van der Waals surface area (Å²) >= 11 is 0. The summed E-state index contributed by atoms with van der Waals surface area (Å²) in [5.41, 5.74) is 5.21. The topological polar surface area (TPSA) is 85.6 Å². The summed E-state index contributed by atoms with van der Waals surface area (Å²) in [7, 11) is 0. The van der Waals surface area contributed by atoms with Gasteiger partial charge in [-0.25, -0.2) is 4.98 Å². The molecule has 0 radical (unpaired) electrons. The zero-order valence-electron chi connectivity index (χ0n) is 13.9. The number of hydrogen-bond donors (Lipinski definition) is 3. The fourth-order valence-corrected chi connectivity index (χ4v) is 3.12. The Hall–Kier alpha value is -3.73. The number of phenols is 1. The van der Waals surface area contributed by atoms with Gasteiger partial charge in [0.05, 0.1) is 22.9 Å². The second kappa shape index (κ2) is 6.29. The molecule has 0 aliphatic rings. The Kier molecular flexibility index (Phi) is 3.82. The first-order valence-corrected chi connectivity index (χ1v) is 8.11. The predicted molar refractivity (Wildman–Crippen MR) is 105 cm³/mol. The monoisotopic (exact) mass is 340 g/mol. The van der Waals surface area contributed by atoms with Crippen LogP contribution in [0.3, 0.4) is 0 Å². The molecule has 0 saturated heterocycles. The van der Waals surface area contributed by atoms with Gasteiger partial charge in [0.1, 0.15) is 5.75 Å². The lowest BCUT2D eigenvalue weighted by Gasteiger charge is -2.12. The fourth-order valence-electron chi connectivity index (χ4n) is 3.12. The number of benzene rings is 2. The molecule has 0 bridgehead atoms. The minimum absolute atomic E-state index is 0.213. The normalized spacial score (nSPS) is 11.8. The molecule has 2 aromatic heterocycles. The number of nitrogens with one attached hydrogen (secondary N) is 2. The molecule has 0 unspecified atom stereocenters. The zero-order chi connectivity index (χ0) is 18.1. The molecule has 0 saturated carbocycles. The third-order valence-corrected chi connectivity index (χ3v) is 4.35. The number of rotatable bonds is 4. The van der Waals surface area contributed by atoms with Crippen LogP contribution >= 0.6 is 0 Å². The molecule has 0 aliphatic carbocycles. The zero-order valence-corrected chi connectivity index (χ0v) is 13.9. The molecule has 0 atom stereocenters. The van der Waals surface area contributed by atoms with Gasteiger partial charge in [0.15, 0.2) is 0 Å². The summed E-state index contributed by atoms with van der Waals surface area (Å²) in [6, 6.07) is 12.8. The first-order valence-electron chi connectivity index (χ1n) is 8.11. The highest BCUT2D eigenvalue weighted by molar-refractivity contribution is 6.12. The van der Waals surface area contributed by atoms with E-state index in [4.69, 9.17) is 10.4 Å². The molecule has 4 rings (SSSR count). The Bertz CT molecular complexity index is 1170. The van der Waals surface area contributed by atoms with E-state index < -0.39 is 0 Å². The number of H-pyrrole nitrogens is 1. The summed E-state index contributed by atoms with van der Waals surface area (Å²) in [6.45, 7) is 3.90. The fraction of sp³-hybridized carbons (Fsp3) is 0. The van der Waals surface area contributed by atoms with Gasteiger partial charge in [-0.3, -0.25) is 5.10 Å². The Balaban J connectivity index is 2.09. The van der Waals surface area contributed by atoms with E-state index in [2.05, 4.69) is 16.8 Å². The van der Waals surface area contributed by atoms with Crippen LogP contribution in [0.15, 0.2) is 67.4 Å². The first-order chi connectivity index (χ1) is 12.7. The third-order valence-electron chi connectivity index (χ3n) is 4.35. The van der Waals surface area contributed by atoms with Crippen molar-refractivity contribution in [1.29, 1.82) is 5.41 Å². The minimum Gasteiger partial charge on any atom is -0.508 e. The summed E-state index contributed by atoms with van der Waals surface area (Å²) in [5, 5.41) is 26.1. The van der Waals surface area contributed by atoms with Crippen molar-refractivity contribution in [3.05, 3.63) is 73.0 Å². The quantitative estimate of drug-likeness (QED) is 0.372. The minimum atomic E-state index is 0.213. The molecule has 5 nitrogen and oxygen atoms in total. The lowest BCUT2D eigenvalue weighted by Crippen LogP contribution is -1.93. The van der Waals surface area contributed by atoms with Gasteiger partial charge in [-0.2, -0.15) is 5.10 Å². The van der Waals surface area contributed by atoms with Crippen LogP contribution in [0.2, 0.25) is 0 Å². The highest BCUT2D eigenvalue weighted by atomic mass is 16.3. The van der Waals surface area contributed by atoms with Gasteiger partial charge in [0, 0.05) is 22.6 Å². The number of hydrogen-bond acceptors (Lipinski definition) is 4. The Labute approximate surface area is 149 Å². The molecule has 2 aromatic carbocycles. The Morgan fingerprint density at radius 2 is 1.96 bits per heavy atom. The molecule has 26 heavy (non-hydrogen) atoms. The highest BCUT2D eigenvalue weighted by Crippen LogP contribution is 2.34. The number of nitrogens with zero attached hydrogens (tertiary/aromatic N) is 2. The van der Waals surface area contributed by atoms with Crippen molar-refractivity contribution in [2.24, 2.45) is 0 Å². The number of allylic oxidation sites excluding steroid dienone is 3. The molecule has 0 spiro atoms. The smallest absolute Gasteiger partial charge is 0.115 e. The molecule has 2 heterocycles. The number of pyridine rings is 1. The maximum absolute atomic E-state index is 9.54. The molecule has 0 aliphatic heterocycles. The van der Waals surface area contributed by atoms with Crippen molar-refractivity contribution >= 4 is 33.6 Å². The van der Waals surface area contributed by atoms with Gasteiger partial charge in [-0.1, -0.05) is 12.7 Å². The average Bonchev–Trinajstić information content (AvgIpc) is 3.14. The van der Waals surface area contributed by atoms with Gasteiger partial charge in [0.2, 0.25) is 0 Å². The maximum atomic E-state index is 9.54. The van der Waals surface area contributed by atoms with Crippen molar-refractivity contribution in [2.45, 2.75) is 0 Å². The van der Waals surface area contributed by atoms with Crippen molar-refractivity contribution < 1.29 is 5.11 Å². The summed E-state index contributed by atoms with van der Waals surface area (Å²) in [4.78, 5) is 4.80. The van der Waals surface area contributed by atoms with Crippen LogP contribution in [-0.2, 0) is 0 Å². The number of aromatic hydroxyl groups is 1. The second-order valence-electron chi connectivity index (χ2n) is 5.89. The lowest BCUT2D eigenvalue weighted by molar-refractivity contribution is 0.475. The number of fused-ring (bicyclic) bond motifs is 3. The molecule has 0 amide bonds. The molecule has 126 valence electrons. The van der Waals surface area contributed by atoms with Crippen molar-refractivity contribution in [3.8, 4) is 17.0 Å².